The van der Waals surface area contributed by atoms with E-state index < -0.39 is 0 Å². The zero-order chi connectivity index (χ0) is 11.4. The Morgan fingerprint density at radius 2 is 2.31 bits per heavy atom. The molecule has 0 aliphatic carbocycles. The maximum absolute atomic E-state index is 3.46. The van der Waals surface area contributed by atoms with Crippen LogP contribution in [0.5, 0.6) is 0 Å². The molecule has 2 heteroatoms. The molecule has 2 nitrogen and oxygen atoms in total. The van der Waals surface area contributed by atoms with Crippen LogP contribution < -0.4 is 10.6 Å². The monoisotopic (exact) mass is 218 g/mol. The molecular formula is C14H22N2. The SMILES string of the molecule is CC(C)NCc1cccc(C2CCNC2)c1. The normalized spacial score (nSPS) is 20.6. The van der Waals surface area contributed by atoms with Gasteiger partial charge in [-0.2, -0.15) is 0 Å². The van der Waals surface area contributed by atoms with Gasteiger partial charge in [-0.1, -0.05) is 38.1 Å². The zero-order valence-electron chi connectivity index (χ0n) is 10.3. The molecule has 1 aliphatic heterocycles. The van der Waals surface area contributed by atoms with E-state index in [0.29, 0.717) is 6.04 Å². The van der Waals surface area contributed by atoms with E-state index in [4.69, 9.17) is 0 Å². The Balaban J connectivity index is 2.01. The smallest absolute Gasteiger partial charge is 0.0207 e. The first kappa shape index (κ1) is 11.6. The number of hydrogen-bond donors (Lipinski definition) is 2. The van der Waals surface area contributed by atoms with Crippen molar-refractivity contribution in [2.45, 2.75) is 38.8 Å². The lowest BCUT2D eigenvalue weighted by Crippen LogP contribution is -2.21. The number of benzene rings is 1. The molecule has 1 unspecified atom stereocenters. The van der Waals surface area contributed by atoms with Crippen LogP contribution in [0.2, 0.25) is 0 Å². The average Bonchev–Trinajstić information content (AvgIpc) is 2.80. The van der Waals surface area contributed by atoms with E-state index >= 15 is 0 Å². The number of nitrogens with one attached hydrogen (secondary N) is 2. The largest absolute Gasteiger partial charge is 0.316 e. The van der Waals surface area contributed by atoms with Crippen LogP contribution >= 0.6 is 0 Å². The second-order valence-corrected chi connectivity index (χ2v) is 4.97. The highest BCUT2D eigenvalue weighted by Gasteiger charge is 2.16. The topological polar surface area (TPSA) is 24.1 Å². The Kier molecular flexibility index (Phi) is 3.97. The van der Waals surface area contributed by atoms with E-state index in [-0.39, 0.29) is 0 Å². The molecular weight excluding hydrogens is 196 g/mol. The van der Waals surface area contributed by atoms with Crippen LogP contribution in [0.4, 0.5) is 0 Å². The van der Waals surface area contributed by atoms with Gasteiger partial charge in [0.05, 0.1) is 0 Å². The third-order valence-corrected chi connectivity index (χ3v) is 3.20. The maximum Gasteiger partial charge on any atom is 0.0207 e. The van der Waals surface area contributed by atoms with Gasteiger partial charge < -0.3 is 10.6 Å². The summed E-state index contributed by atoms with van der Waals surface area (Å²) in [5.74, 6) is 0.721. The third kappa shape index (κ3) is 3.06. The van der Waals surface area contributed by atoms with Crippen LogP contribution in [-0.4, -0.2) is 19.1 Å². The van der Waals surface area contributed by atoms with E-state index in [2.05, 4.69) is 48.7 Å². The fourth-order valence-corrected chi connectivity index (χ4v) is 2.22. The first-order valence-electron chi connectivity index (χ1n) is 6.28. The molecule has 1 aromatic carbocycles. The molecule has 0 spiro atoms. The van der Waals surface area contributed by atoms with Crippen molar-refractivity contribution in [2.24, 2.45) is 0 Å². The molecule has 1 atom stereocenters. The van der Waals surface area contributed by atoms with Crippen molar-refractivity contribution in [3.63, 3.8) is 0 Å². The van der Waals surface area contributed by atoms with Crippen molar-refractivity contribution in [3.8, 4) is 0 Å². The minimum atomic E-state index is 0.553. The Morgan fingerprint density at radius 1 is 1.44 bits per heavy atom. The van der Waals surface area contributed by atoms with Gasteiger partial charge in [0.15, 0.2) is 0 Å². The van der Waals surface area contributed by atoms with E-state index in [1.54, 1.807) is 0 Å². The molecule has 1 aromatic rings. The molecule has 88 valence electrons. The van der Waals surface area contributed by atoms with Crippen LogP contribution in [0.1, 0.15) is 37.3 Å². The van der Waals surface area contributed by atoms with Gasteiger partial charge in [-0.05, 0) is 30.0 Å². The molecule has 16 heavy (non-hydrogen) atoms. The highest BCUT2D eigenvalue weighted by molar-refractivity contribution is 5.27. The predicted molar refractivity (Wildman–Crippen MR) is 68.6 cm³/mol. The summed E-state index contributed by atoms with van der Waals surface area (Å²) in [6.07, 6.45) is 1.28. The molecule has 0 aromatic heterocycles. The van der Waals surface area contributed by atoms with Crippen LogP contribution in [0, 0.1) is 0 Å². The molecule has 0 bridgehead atoms. The lowest BCUT2D eigenvalue weighted by atomic mass is 9.96. The second kappa shape index (κ2) is 5.46. The van der Waals surface area contributed by atoms with Crippen molar-refractivity contribution in [1.82, 2.24) is 10.6 Å². The molecule has 0 amide bonds. The standard InChI is InChI=1S/C14H22N2/c1-11(2)16-9-12-4-3-5-13(8-12)14-6-7-15-10-14/h3-5,8,11,14-16H,6-7,9-10H2,1-2H3. The van der Waals surface area contributed by atoms with E-state index in [1.165, 1.54) is 24.1 Å². The molecule has 2 rings (SSSR count). The highest BCUT2D eigenvalue weighted by atomic mass is 14.9. The van der Waals surface area contributed by atoms with Gasteiger partial charge in [0.1, 0.15) is 0 Å². The van der Waals surface area contributed by atoms with Gasteiger partial charge in [-0.3, -0.25) is 0 Å². The molecule has 2 N–H and O–H groups in total. The number of rotatable bonds is 4. The summed E-state index contributed by atoms with van der Waals surface area (Å²) in [6, 6.07) is 9.56. The van der Waals surface area contributed by atoms with Crippen molar-refractivity contribution >= 4 is 0 Å². The summed E-state index contributed by atoms with van der Waals surface area (Å²) < 4.78 is 0. The molecule has 1 saturated heterocycles. The van der Waals surface area contributed by atoms with E-state index in [9.17, 15) is 0 Å². The summed E-state index contributed by atoms with van der Waals surface area (Å²) in [7, 11) is 0. The summed E-state index contributed by atoms with van der Waals surface area (Å²) in [5.41, 5.74) is 2.89. The average molecular weight is 218 g/mol. The van der Waals surface area contributed by atoms with Crippen molar-refractivity contribution in [2.75, 3.05) is 13.1 Å². The zero-order valence-corrected chi connectivity index (χ0v) is 10.3. The van der Waals surface area contributed by atoms with Crippen molar-refractivity contribution in [3.05, 3.63) is 35.4 Å². The highest BCUT2D eigenvalue weighted by Crippen LogP contribution is 2.22. The van der Waals surface area contributed by atoms with Gasteiger partial charge in [0.2, 0.25) is 0 Å². The van der Waals surface area contributed by atoms with Gasteiger partial charge in [0, 0.05) is 19.1 Å². The fraction of sp³-hybridized carbons (Fsp3) is 0.571. The molecule has 0 radical (unpaired) electrons. The summed E-state index contributed by atoms with van der Waals surface area (Å²) in [4.78, 5) is 0. The van der Waals surface area contributed by atoms with E-state index in [1.807, 2.05) is 0 Å². The Bertz CT molecular complexity index is 327. The van der Waals surface area contributed by atoms with Crippen LogP contribution in [0.3, 0.4) is 0 Å². The Morgan fingerprint density at radius 3 is 3.00 bits per heavy atom. The first-order valence-corrected chi connectivity index (χ1v) is 6.28. The Labute approximate surface area is 98.4 Å². The summed E-state index contributed by atoms with van der Waals surface area (Å²) in [6.45, 7) is 7.65. The van der Waals surface area contributed by atoms with Crippen LogP contribution in [-0.2, 0) is 6.54 Å². The molecule has 1 fully saturated rings. The van der Waals surface area contributed by atoms with Gasteiger partial charge in [-0.25, -0.2) is 0 Å². The maximum atomic E-state index is 3.46. The summed E-state index contributed by atoms with van der Waals surface area (Å²) >= 11 is 0. The van der Waals surface area contributed by atoms with Gasteiger partial charge in [-0.15, -0.1) is 0 Å². The first-order chi connectivity index (χ1) is 7.75. The minimum Gasteiger partial charge on any atom is -0.316 e. The Hall–Kier alpha value is -0.860. The quantitative estimate of drug-likeness (QED) is 0.810. The summed E-state index contributed by atoms with van der Waals surface area (Å²) in [5, 5.41) is 6.89. The van der Waals surface area contributed by atoms with Crippen molar-refractivity contribution < 1.29 is 0 Å². The van der Waals surface area contributed by atoms with Gasteiger partial charge in [0.25, 0.3) is 0 Å². The lowest BCUT2D eigenvalue weighted by molar-refractivity contribution is 0.588. The van der Waals surface area contributed by atoms with E-state index in [0.717, 1.165) is 19.0 Å². The van der Waals surface area contributed by atoms with Gasteiger partial charge >= 0.3 is 0 Å². The van der Waals surface area contributed by atoms with Crippen LogP contribution in [0.25, 0.3) is 0 Å². The molecule has 1 heterocycles. The fourth-order valence-electron chi connectivity index (χ4n) is 2.22. The molecule has 1 aliphatic rings. The lowest BCUT2D eigenvalue weighted by Gasteiger charge is -2.12. The van der Waals surface area contributed by atoms with Crippen LogP contribution in [0.15, 0.2) is 24.3 Å². The van der Waals surface area contributed by atoms with Crippen molar-refractivity contribution in [1.29, 1.82) is 0 Å². The minimum absolute atomic E-state index is 0.553. The second-order valence-electron chi connectivity index (χ2n) is 4.97. The number of hydrogen-bond acceptors (Lipinski definition) is 2. The molecule has 0 saturated carbocycles. The predicted octanol–water partition coefficient (Wildman–Crippen LogP) is 2.26. The third-order valence-electron chi connectivity index (χ3n) is 3.20.